The first kappa shape index (κ1) is 16.6. The van der Waals surface area contributed by atoms with Crippen LogP contribution in [0.25, 0.3) is 0 Å². The van der Waals surface area contributed by atoms with Crippen LogP contribution in [0.1, 0.15) is 57.4 Å². The Labute approximate surface area is 134 Å². The average molecular weight is 300 g/mol. The number of unbranched alkanes of at least 4 members (excludes halogenated alkanes) is 1. The molecule has 1 fully saturated rings. The van der Waals surface area contributed by atoms with E-state index in [0.717, 1.165) is 12.1 Å². The van der Waals surface area contributed by atoms with E-state index in [1.54, 1.807) is 6.20 Å². The summed E-state index contributed by atoms with van der Waals surface area (Å²) in [6, 6.07) is 7.94. The summed E-state index contributed by atoms with van der Waals surface area (Å²) in [5.74, 6) is 0.631. The quantitative estimate of drug-likeness (QED) is 0.740. The maximum absolute atomic E-state index is 11.8. The number of urea groups is 1. The van der Waals surface area contributed by atoms with Crippen molar-refractivity contribution >= 4 is 11.7 Å². The summed E-state index contributed by atoms with van der Waals surface area (Å²) < 4.78 is 0. The van der Waals surface area contributed by atoms with E-state index in [1.807, 2.05) is 12.1 Å². The van der Waals surface area contributed by atoms with E-state index in [2.05, 4.69) is 35.8 Å². The molecule has 2 amide bonds. The van der Waals surface area contributed by atoms with Crippen LogP contribution in [0, 0.1) is 5.92 Å². The number of amides is 2. The van der Waals surface area contributed by atoms with Crippen LogP contribution < -0.4 is 10.6 Å². The summed E-state index contributed by atoms with van der Waals surface area (Å²) in [5, 5.41) is 5.66. The third kappa shape index (κ3) is 5.92. The van der Waals surface area contributed by atoms with Crippen LogP contribution in [0.3, 0.4) is 0 Å². The highest BCUT2D eigenvalue weighted by Crippen LogP contribution is 2.24. The molecule has 120 valence electrons. The summed E-state index contributed by atoms with van der Waals surface area (Å²) in [6.07, 6.45) is 13.9. The highest BCUT2D eigenvalue weighted by molar-refractivity contribution is 5.89. The van der Waals surface area contributed by atoms with E-state index in [4.69, 9.17) is 0 Å². The Morgan fingerprint density at radius 1 is 1.18 bits per heavy atom. The lowest BCUT2D eigenvalue weighted by atomic mass is 9.89. The first-order chi connectivity index (χ1) is 10.8. The Morgan fingerprint density at radius 3 is 2.59 bits per heavy atom. The molecule has 22 heavy (non-hydrogen) atoms. The molecule has 0 spiro atoms. The third-order valence-electron chi connectivity index (χ3n) is 4.26. The zero-order valence-corrected chi connectivity index (χ0v) is 13.6. The number of nitrogens with one attached hydrogen (secondary N) is 2. The maximum atomic E-state index is 11.8. The summed E-state index contributed by atoms with van der Waals surface area (Å²) in [7, 11) is 0. The summed E-state index contributed by atoms with van der Waals surface area (Å²) in [5.41, 5.74) is 2.16. The molecule has 0 atom stereocenters. The van der Waals surface area contributed by atoms with Gasteiger partial charge in [-0.05, 0) is 49.3 Å². The van der Waals surface area contributed by atoms with E-state index in [9.17, 15) is 4.79 Å². The minimum atomic E-state index is -0.173. The van der Waals surface area contributed by atoms with Gasteiger partial charge in [-0.15, -0.1) is 0 Å². The van der Waals surface area contributed by atoms with Gasteiger partial charge in [0, 0.05) is 11.9 Å². The van der Waals surface area contributed by atoms with Crippen molar-refractivity contribution in [3.05, 3.63) is 42.1 Å². The number of anilines is 1. The van der Waals surface area contributed by atoms with E-state index in [1.165, 1.54) is 50.5 Å². The highest BCUT2D eigenvalue weighted by atomic mass is 16.2. The summed E-state index contributed by atoms with van der Waals surface area (Å²) >= 11 is 0. The number of hydrogen-bond donors (Lipinski definition) is 2. The SMILES string of the molecule is CCCCc1ccc(NC(=O)N/C=C/C2CCCCC2)cc1. The van der Waals surface area contributed by atoms with Gasteiger partial charge in [0.15, 0.2) is 0 Å². The number of hydrogen-bond acceptors (Lipinski definition) is 1. The Balaban J connectivity index is 1.72. The number of benzene rings is 1. The monoisotopic (exact) mass is 300 g/mol. The van der Waals surface area contributed by atoms with Crippen molar-refractivity contribution in [2.45, 2.75) is 58.3 Å². The fourth-order valence-corrected chi connectivity index (χ4v) is 2.89. The van der Waals surface area contributed by atoms with Gasteiger partial charge in [-0.2, -0.15) is 0 Å². The molecule has 0 bridgehead atoms. The standard InChI is InChI=1S/C19H28N2O/c1-2-3-7-17-10-12-18(13-11-17)21-19(22)20-15-14-16-8-5-4-6-9-16/h10-16H,2-9H2,1H3,(H2,20,21,22)/b15-14+. The molecule has 3 nitrogen and oxygen atoms in total. The zero-order valence-electron chi connectivity index (χ0n) is 13.6. The Kier molecular flexibility index (Phi) is 7.01. The summed E-state index contributed by atoms with van der Waals surface area (Å²) in [4.78, 5) is 11.8. The molecule has 0 unspecified atom stereocenters. The first-order valence-corrected chi connectivity index (χ1v) is 8.61. The van der Waals surface area contributed by atoms with Gasteiger partial charge in [0.05, 0.1) is 0 Å². The fourth-order valence-electron chi connectivity index (χ4n) is 2.89. The molecular weight excluding hydrogens is 272 g/mol. The van der Waals surface area contributed by atoms with Gasteiger partial charge in [0.25, 0.3) is 0 Å². The Morgan fingerprint density at radius 2 is 1.91 bits per heavy atom. The van der Waals surface area contributed by atoms with E-state index in [-0.39, 0.29) is 6.03 Å². The molecule has 1 aliphatic carbocycles. The molecule has 3 heteroatoms. The van der Waals surface area contributed by atoms with Crippen LogP contribution in [0.5, 0.6) is 0 Å². The Hall–Kier alpha value is -1.77. The van der Waals surface area contributed by atoms with Crippen LogP contribution in [0.2, 0.25) is 0 Å². The molecule has 0 heterocycles. The van der Waals surface area contributed by atoms with Crippen molar-refractivity contribution in [1.29, 1.82) is 0 Å². The van der Waals surface area contributed by atoms with Gasteiger partial charge < -0.3 is 10.6 Å². The molecule has 0 aliphatic heterocycles. The van der Waals surface area contributed by atoms with Gasteiger partial charge in [-0.3, -0.25) is 0 Å². The van der Waals surface area contributed by atoms with Crippen molar-refractivity contribution < 1.29 is 4.79 Å². The molecule has 1 aromatic rings. The lowest BCUT2D eigenvalue weighted by Crippen LogP contribution is -2.24. The van der Waals surface area contributed by atoms with Crippen LogP contribution >= 0.6 is 0 Å². The summed E-state index contributed by atoms with van der Waals surface area (Å²) in [6.45, 7) is 2.20. The molecule has 1 saturated carbocycles. The predicted molar refractivity (Wildman–Crippen MR) is 92.9 cm³/mol. The predicted octanol–water partition coefficient (Wildman–Crippen LogP) is 5.24. The number of carbonyl (C=O) groups is 1. The zero-order chi connectivity index (χ0) is 15.6. The van der Waals surface area contributed by atoms with Crippen LogP contribution in [0.4, 0.5) is 10.5 Å². The second-order valence-corrected chi connectivity index (χ2v) is 6.16. The molecule has 2 rings (SSSR count). The van der Waals surface area contributed by atoms with Gasteiger partial charge in [-0.25, -0.2) is 4.79 Å². The molecule has 2 N–H and O–H groups in total. The van der Waals surface area contributed by atoms with Crippen molar-refractivity contribution in [3.63, 3.8) is 0 Å². The second kappa shape index (κ2) is 9.29. The van der Waals surface area contributed by atoms with E-state index < -0.39 is 0 Å². The normalized spacial score (nSPS) is 15.9. The highest BCUT2D eigenvalue weighted by Gasteiger charge is 2.09. The lowest BCUT2D eigenvalue weighted by Gasteiger charge is -2.17. The molecule has 0 aromatic heterocycles. The van der Waals surface area contributed by atoms with E-state index >= 15 is 0 Å². The van der Waals surface area contributed by atoms with Crippen LogP contribution in [-0.2, 0) is 6.42 Å². The number of carbonyl (C=O) groups excluding carboxylic acids is 1. The van der Waals surface area contributed by atoms with Crippen LogP contribution in [0.15, 0.2) is 36.5 Å². The van der Waals surface area contributed by atoms with Gasteiger partial charge in [0.2, 0.25) is 0 Å². The fraction of sp³-hybridized carbons (Fsp3) is 0.526. The maximum Gasteiger partial charge on any atom is 0.323 e. The lowest BCUT2D eigenvalue weighted by molar-refractivity contribution is 0.255. The first-order valence-electron chi connectivity index (χ1n) is 8.61. The van der Waals surface area contributed by atoms with Crippen molar-refractivity contribution in [1.82, 2.24) is 5.32 Å². The van der Waals surface area contributed by atoms with Crippen LogP contribution in [-0.4, -0.2) is 6.03 Å². The molecule has 1 aliphatic rings. The van der Waals surface area contributed by atoms with Crippen molar-refractivity contribution in [2.75, 3.05) is 5.32 Å². The third-order valence-corrected chi connectivity index (χ3v) is 4.26. The van der Waals surface area contributed by atoms with Gasteiger partial charge in [0.1, 0.15) is 0 Å². The topological polar surface area (TPSA) is 41.1 Å². The average Bonchev–Trinajstić information content (AvgIpc) is 2.55. The second-order valence-electron chi connectivity index (χ2n) is 6.16. The number of aryl methyl sites for hydroxylation is 1. The molecule has 0 saturated heterocycles. The molecule has 0 radical (unpaired) electrons. The van der Waals surface area contributed by atoms with Gasteiger partial charge >= 0.3 is 6.03 Å². The largest absolute Gasteiger partial charge is 0.323 e. The molecule has 1 aromatic carbocycles. The molecular formula is C19H28N2O. The van der Waals surface area contributed by atoms with E-state index in [0.29, 0.717) is 5.92 Å². The Bertz CT molecular complexity index is 473. The minimum Gasteiger partial charge on any atom is -0.315 e. The van der Waals surface area contributed by atoms with Gasteiger partial charge in [-0.1, -0.05) is 50.8 Å². The smallest absolute Gasteiger partial charge is 0.315 e. The minimum absolute atomic E-state index is 0.173. The van der Waals surface area contributed by atoms with Crippen molar-refractivity contribution in [2.24, 2.45) is 5.92 Å². The van der Waals surface area contributed by atoms with Crippen molar-refractivity contribution in [3.8, 4) is 0 Å². The number of allylic oxidation sites excluding steroid dienone is 1. The number of rotatable bonds is 6.